The number of nitrogens with one attached hydrogen (secondary N) is 3. The number of ether oxygens (including phenoxy) is 1. The molecule has 132 valence electrons. The van der Waals surface area contributed by atoms with Crippen LogP contribution in [0.25, 0.3) is 0 Å². The fraction of sp³-hybridized carbons (Fsp3) is 0.800. The Kier molecular flexibility index (Phi) is 7.80. The topological polar surface area (TPSA) is 117 Å². The maximum atomic E-state index is 12.4. The number of amides is 3. The van der Waals surface area contributed by atoms with E-state index in [9.17, 15) is 19.5 Å². The van der Waals surface area contributed by atoms with Gasteiger partial charge >= 0.3 is 6.09 Å². The van der Waals surface area contributed by atoms with Crippen LogP contribution in [0.4, 0.5) is 4.79 Å². The quantitative estimate of drug-likeness (QED) is 0.490. The van der Waals surface area contributed by atoms with E-state index in [0.717, 1.165) is 0 Å². The molecule has 0 bridgehead atoms. The molecular weight excluding hydrogens is 302 g/mol. The van der Waals surface area contributed by atoms with Gasteiger partial charge in [-0.3, -0.25) is 9.59 Å². The van der Waals surface area contributed by atoms with Crippen LogP contribution in [0.3, 0.4) is 0 Å². The van der Waals surface area contributed by atoms with Gasteiger partial charge in [-0.05, 0) is 25.2 Å². The summed E-state index contributed by atoms with van der Waals surface area (Å²) in [6, 6.07) is -1.26. The van der Waals surface area contributed by atoms with E-state index < -0.39 is 18.2 Å². The van der Waals surface area contributed by atoms with Crippen LogP contribution in [0.2, 0.25) is 0 Å². The zero-order valence-electron chi connectivity index (χ0n) is 13.9. The van der Waals surface area contributed by atoms with Crippen LogP contribution < -0.4 is 16.0 Å². The monoisotopic (exact) mass is 329 g/mol. The van der Waals surface area contributed by atoms with Crippen molar-refractivity contribution in [2.45, 2.75) is 45.2 Å². The lowest BCUT2D eigenvalue weighted by Crippen LogP contribution is -2.51. The van der Waals surface area contributed by atoms with E-state index in [0.29, 0.717) is 25.8 Å². The molecule has 0 aromatic heterocycles. The van der Waals surface area contributed by atoms with Crippen molar-refractivity contribution >= 4 is 17.9 Å². The van der Waals surface area contributed by atoms with Gasteiger partial charge in [0.05, 0.1) is 19.8 Å². The Morgan fingerprint density at radius 3 is 2.57 bits per heavy atom. The number of carbonyl (C=O) groups excluding carboxylic acids is 3. The van der Waals surface area contributed by atoms with Crippen molar-refractivity contribution in [3.8, 4) is 0 Å². The molecule has 3 amide bonds. The Hall–Kier alpha value is -1.83. The largest absolute Gasteiger partial charge is 0.453 e. The van der Waals surface area contributed by atoms with Crippen molar-refractivity contribution in [2.24, 2.45) is 11.8 Å². The number of aliphatic hydroxyl groups excluding tert-OH is 1. The third-order valence-corrected chi connectivity index (χ3v) is 3.80. The molecule has 0 aromatic carbocycles. The summed E-state index contributed by atoms with van der Waals surface area (Å²) in [4.78, 5) is 35.3. The second-order valence-corrected chi connectivity index (χ2v) is 6.22. The predicted octanol–water partition coefficient (Wildman–Crippen LogP) is -0.240. The Morgan fingerprint density at radius 2 is 2.09 bits per heavy atom. The highest BCUT2D eigenvalue weighted by Gasteiger charge is 2.29. The maximum absolute atomic E-state index is 12.4. The van der Waals surface area contributed by atoms with Crippen LogP contribution in [0.1, 0.15) is 33.1 Å². The highest BCUT2D eigenvalue weighted by Crippen LogP contribution is 2.16. The summed E-state index contributed by atoms with van der Waals surface area (Å²) in [5.74, 6) is -0.452. The van der Waals surface area contributed by atoms with Crippen LogP contribution in [0.5, 0.6) is 0 Å². The molecule has 3 atom stereocenters. The average Bonchev–Trinajstić information content (AvgIpc) is 2.90. The summed E-state index contributed by atoms with van der Waals surface area (Å²) in [7, 11) is 1.23. The highest BCUT2D eigenvalue weighted by molar-refractivity contribution is 5.86. The first-order valence-corrected chi connectivity index (χ1v) is 7.90. The number of aliphatic hydroxyl groups is 1. The standard InChI is InChI=1S/C15H27N3O5/c1-9(2)6-12(18-15(22)23-3)14(21)17-11(8-19)7-10-4-5-16-13(10)20/h9-12,19H,4-8H2,1-3H3,(H,16,20)(H,17,21)(H,18,22)/t10?,11-,12-/m0/s1. The highest BCUT2D eigenvalue weighted by atomic mass is 16.5. The van der Waals surface area contributed by atoms with Crippen molar-refractivity contribution < 1.29 is 24.2 Å². The zero-order chi connectivity index (χ0) is 17.4. The van der Waals surface area contributed by atoms with Gasteiger partial charge in [-0.2, -0.15) is 0 Å². The van der Waals surface area contributed by atoms with Gasteiger partial charge in [-0.1, -0.05) is 13.8 Å². The predicted molar refractivity (Wildman–Crippen MR) is 83.5 cm³/mol. The van der Waals surface area contributed by atoms with Crippen molar-refractivity contribution in [3.05, 3.63) is 0 Å². The number of carbonyl (C=O) groups is 3. The Morgan fingerprint density at radius 1 is 1.39 bits per heavy atom. The van der Waals surface area contributed by atoms with Crippen molar-refractivity contribution in [3.63, 3.8) is 0 Å². The van der Waals surface area contributed by atoms with Gasteiger partial charge < -0.3 is 25.8 Å². The van der Waals surface area contributed by atoms with E-state index in [1.165, 1.54) is 7.11 Å². The molecule has 8 nitrogen and oxygen atoms in total. The molecular formula is C15H27N3O5. The third-order valence-electron chi connectivity index (χ3n) is 3.80. The minimum absolute atomic E-state index is 0.0517. The summed E-state index contributed by atoms with van der Waals surface area (Å²) in [6.45, 7) is 4.23. The molecule has 1 heterocycles. The summed E-state index contributed by atoms with van der Waals surface area (Å²) in [6.07, 6.45) is 0.839. The number of alkyl carbamates (subject to hydrolysis) is 1. The van der Waals surface area contributed by atoms with E-state index in [4.69, 9.17) is 0 Å². The summed E-state index contributed by atoms with van der Waals surface area (Å²) in [5, 5.41) is 17.4. The smallest absolute Gasteiger partial charge is 0.407 e. The lowest BCUT2D eigenvalue weighted by Gasteiger charge is -2.24. The van der Waals surface area contributed by atoms with Crippen molar-refractivity contribution in [2.75, 3.05) is 20.3 Å². The van der Waals surface area contributed by atoms with Gasteiger partial charge in [-0.25, -0.2) is 4.79 Å². The van der Waals surface area contributed by atoms with E-state index in [2.05, 4.69) is 20.7 Å². The minimum Gasteiger partial charge on any atom is -0.453 e. The number of rotatable bonds is 8. The van der Waals surface area contributed by atoms with E-state index in [1.807, 2.05) is 13.8 Å². The minimum atomic E-state index is -0.742. The van der Waals surface area contributed by atoms with E-state index >= 15 is 0 Å². The first-order valence-electron chi connectivity index (χ1n) is 7.90. The molecule has 1 aliphatic rings. The molecule has 0 saturated carbocycles. The van der Waals surface area contributed by atoms with Gasteiger partial charge in [0.2, 0.25) is 11.8 Å². The normalized spacial score (nSPS) is 19.9. The molecule has 23 heavy (non-hydrogen) atoms. The molecule has 0 radical (unpaired) electrons. The van der Waals surface area contributed by atoms with Crippen molar-refractivity contribution in [1.82, 2.24) is 16.0 Å². The molecule has 1 aliphatic heterocycles. The zero-order valence-corrected chi connectivity index (χ0v) is 13.9. The van der Waals surface area contributed by atoms with Gasteiger partial charge in [0, 0.05) is 12.5 Å². The molecule has 4 N–H and O–H groups in total. The number of hydrogen-bond donors (Lipinski definition) is 4. The molecule has 1 unspecified atom stereocenters. The van der Waals surface area contributed by atoms with Gasteiger partial charge in [0.25, 0.3) is 0 Å². The fourth-order valence-corrected chi connectivity index (χ4v) is 2.60. The summed E-state index contributed by atoms with van der Waals surface area (Å²) >= 11 is 0. The van der Waals surface area contributed by atoms with E-state index in [-0.39, 0.29) is 30.3 Å². The Labute approximate surface area is 136 Å². The molecule has 0 aromatic rings. The molecule has 1 rings (SSSR count). The van der Waals surface area contributed by atoms with Crippen LogP contribution in [-0.2, 0) is 14.3 Å². The van der Waals surface area contributed by atoms with Crippen LogP contribution >= 0.6 is 0 Å². The SMILES string of the molecule is COC(=O)N[C@@H](CC(C)C)C(=O)N[C@H](CO)CC1CCNC1=O. The lowest BCUT2D eigenvalue weighted by molar-refractivity contribution is -0.126. The summed E-state index contributed by atoms with van der Waals surface area (Å²) in [5.41, 5.74) is 0. The van der Waals surface area contributed by atoms with Crippen LogP contribution in [-0.4, -0.2) is 55.4 Å². The molecule has 8 heteroatoms. The number of hydrogen-bond acceptors (Lipinski definition) is 5. The fourth-order valence-electron chi connectivity index (χ4n) is 2.60. The summed E-state index contributed by atoms with van der Waals surface area (Å²) < 4.78 is 4.53. The third kappa shape index (κ3) is 6.43. The molecule has 1 saturated heterocycles. The maximum Gasteiger partial charge on any atom is 0.407 e. The Balaban J connectivity index is 2.62. The molecule has 0 aliphatic carbocycles. The van der Waals surface area contributed by atoms with Gasteiger partial charge in [0.15, 0.2) is 0 Å². The van der Waals surface area contributed by atoms with Gasteiger partial charge in [-0.15, -0.1) is 0 Å². The van der Waals surface area contributed by atoms with Crippen LogP contribution in [0, 0.1) is 11.8 Å². The first-order chi connectivity index (χ1) is 10.9. The number of methoxy groups -OCH3 is 1. The lowest BCUT2D eigenvalue weighted by atomic mass is 9.97. The van der Waals surface area contributed by atoms with E-state index in [1.54, 1.807) is 0 Å². The van der Waals surface area contributed by atoms with Crippen molar-refractivity contribution in [1.29, 1.82) is 0 Å². The van der Waals surface area contributed by atoms with Crippen LogP contribution in [0.15, 0.2) is 0 Å². The first kappa shape index (κ1) is 19.2. The average molecular weight is 329 g/mol. The second-order valence-electron chi connectivity index (χ2n) is 6.22. The van der Waals surface area contributed by atoms with Gasteiger partial charge in [0.1, 0.15) is 6.04 Å². The molecule has 1 fully saturated rings. The Bertz CT molecular complexity index is 427. The second kappa shape index (κ2) is 9.34. The molecule has 0 spiro atoms.